The van der Waals surface area contributed by atoms with Crippen molar-refractivity contribution in [1.82, 2.24) is 4.98 Å². The molecule has 6 heteroatoms. The van der Waals surface area contributed by atoms with Gasteiger partial charge in [-0.2, -0.15) is 0 Å². The SMILES string of the molecule is Cc1nc(C(Cc2ccccc2)C(=O)O)ccc1[N+](=O)[O-]. The Hall–Kier alpha value is -2.76. The number of pyridine rings is 1. The molecule has 1 heterocycles. The van der Waals surface area contributed by atoms with E-state index in [1.807, 2.05) is 30.3 Å². The number of carboxylic acids is 1. The van der Waals surface area contributed by atoms with Crippen molar-refractivity contribution in [3.63, 3.8) is 0 Å². The fraction of sp³-hybridized carbons (Fsp3) is 0.200. The van der Waals surface area contributed by atoms with E-state index in [4.69, 9.17) is 0 Å². The van der Waals surface area contributed by atoms with Crippen molar-refractivity contribution in [2.75, 3.05) is 0 Å². The lowest BCUT2D eigenvalue weighted by atomic mass is 9.95. The zero-order valence-electron chi connectivity index (χ0n) is 11.4. The first-order valence-corrected chi connectivity index (χ1v) is 6.37. The Kier molecular flexibility index (Phi) is 4.27. The van der Waals surface area contributed by atoms with Crippen LogP contribution in [0.15, 0.2) is 42.5 Å². The van der Waals surface area contributed by atoms with Gasteiger partial charge in [-0.15, -0.1) is 0 Å². The van der Waals surface area contributed by atoms with Crippen LogP contribution in [0.4, 0.5) is 5.69 Å². The van der Waals surface area contributed by atoms with E-state index in [0.717, 1.165) is 5.56 Å². The molecule has 0 spiro atoms. The Bertz CT molecular complexity index is 671. The molecule has 0 radical (unpaired) electrons. The third kappa shape index (κ3) is 3.42. The average Bonchev–Trinajstić information content (AvgIpc) is 2.45. The van der Waals surface area contributed by atoms with Crippen molar-refractivity contribution in [2.45, 2.75) is 19.3 Å². The molecule has 1 aromatic heterocycles. The van der Waals surface area contributed by atoms with Crippen LogP contribution < -0.4 is 0 Å². The molecule has 1 atom stereocenters. The molecule has 0 fully saturated rings. The fourth-order valence-corrected chi connectivity index (χ4v) is 2.13. The van der Waals surface area contributed by atoms with E-state index in [9.17, 15) is 20.0 Å². The lowest BCUT2D eigenvalue weighted by molar-refractivity contribution is -0.385. The number of carboxylic acid groups (broad SMARTS) is 1. The number of carbonyl (C=O) groups is 1. The molecule has 6 nitrogen and oxygen atoms in total. The minimum Gasteiger partial charge on any atom is -0.481 e. The molecule has 0 aliphatic heterocycles. The summed E-state index contributed by atoms with van der Waals surface area (Å²) in [6.45, 7) is 1.50. The highest BCUT2D eigenvalue weighted by molar-refractivity contribution is 5.76. The second-order valence-corrected chi connectivity index (χ2v) is 4.68. The normalized spacial score (nSPS) is 11.9. The Balaban J connectivity index is 2.33. The van der Waals surface area contributed by atoms with Crippen molar-refractivity contribution in [1.29, 1.82) is 0 Å². The number of benzene rings is 1. The van der Waals surface area contributed by atoms with E-state index in [-0.39, 0.29) is 11.4 Å². The number of aliphatic carboxylic acids is 1. The van der Waals surface area contributed by atoms with Gasteiger partial charge in [0.1, 0.15) is 11.6 Å². The Labute approximate surface area is 121 Å². The van der Waals surface area contributed by atoms with Crippen LogP contribution in [0.25, 0.3) is 0 Å². The molecule has 1 unspecified atom stereocenters. The summed E-state index contributed by atoms with van der Waals surface area (Å²) in [6.07, 6.45) is 0.292. The standard InChI is InChI=1S/C15H14N2O4/c1-10-14(17(20)21)8-7-13(16-10)12(15(18)19)9-11-5-3-2-4-6-11/h2-8,12H,9H2,1H3,(H,18,19). The van der Waals surface area contributed by atoms with Gasteiger partial charge in [0.15, 0.2) is 0 Å². The van der Waals surface area contributed by atoms with Crippen LogP contribution in [0.3, 0.4) is 0 Å². The molecule has 0 bridgehead atoms. The van der Waals surface area contributed by atoms with Gasteiger partial charge in [-0.05, 0) is 25.0 Å². The number of hydrogen-bond donors (Lipinski definition) is 1. The first-order valence-electron chi connectivity index (χ1n) is 6.37. The molecule has 2 rings (SSSR count). The van der Waals surface area contributed by atoms with Gasteiger partial charge in [0, 0.05) is 6.07 Å². The summed E-state index contributed by atoms with van der Waals surface area (Å²) in [7, 11) is 0. The van der Waals surface area contributed by atoms with Crippen molar-refractivity contribution < 1.29 is 14.8 Å². The highest BCUT2D eigenvalue weighted by Crippen LogP contribution is 2.23. The molecular weight excluding hydrogens is 272 g/mol. The quantitative estimate of drug-likeness (QED) is 0.673. The number of nitro groups is 1. The topological polar surface area (TPSA) is 93.3 Å². The second-order valence-electron chi connectivity index (χ2n) is 4.68. The predicted molar refractivity (Wildman–Crippen MR) is 76.2 cm³/mol. The zero-order chi connectivity index (χ0) is 15.4. The lowest BCUT2D eigenvalue weighted by Gasteiger charge is -2.12. The minimum absolute atomic E-state index is 0.109. The maximum atomic E-state index is 11.5. The van der Waals surface area contributed by atoms with Crippen molar-refractivity contribution in [3.8, 4) is 0 Å². The smallest absolute Gasteiger partial charge is 0.312 e. The molecule has 0 aliphatic carbocycles. The van der Waals surface area contributed by atoms with E-state index in [1.165, 1.54) is 19.1 Å². The van der Waals surface area contributed by atoms with Crippen LogP contribution in [0, 0.1) is 17.0 Å². The third-order valence-corrected chi connectivity index (χ3v) is 3.21. The second kappa shape index (κ2) is 6.13. The molecule has 1 N–H and O–H groups in total. The predicted octanol–water partition coefficient (Wildman–Crippen LogP) is 2.71. The van der Waals surface area contributed by atoms with E-state index in [1.54, 1.807) is 0 Å². The number of aryl methyl sites for hydroxylation is 1. The van der Waals surface area contributed by atoms with Gasteiger partial charge < -0.3 is 5.11 Å². The summed E-state index contributed by atoms with van der Waals surface area (Å²) in [5.74, 6) is -1.83. The van der Waals surface area contributed by atoms with Gasteiger partial charge in [-0.3, -0.25) is 19.9 Å². The monoisotopic (exact) mass is 286 g/mol. The van der Waals surface area contributed by atoms with Gasteiger partial charge in [-0.25, -0.2) is 0 Å². The molecule has 1 aromatic carbocycles. The molecule has 0 saturated carbocycles. The first kappa shape index (κ1) is 14.6. The molecule has 108 valence electrons. The van der Waals surface area contributed by atoms with E-state index < -0.39 is 16.8 Å². The summed E-state index contributed by atoms with van der Waals surface area (Å²) in [4.78, 5) is 25.8. The van der Waals surface area contributed by atoms with E-state index in [0.29, 0.717) is 12.1 Å². The fourth-order valence-electron chi connectivity index (χ4n) is 2.13. The van der Waals surface area contributed by atoms with E-state index in [2.05, 4.69) is 4.98 Å². The molecular formula is C15H14N2O4. The Morgan fingerprint density at radius 1 is 1.29 bits per heavy atom. The lowest BCUT2D eigenvalue weighted by Crippen LogP contribution is -2.16. The maximum Gasteiger partial charge on any atom is 0.312 e. The number of rotatable bonds is 5. The van der Waals surface area contributed by atoms with Crippen molar-refractivity contribution in [2.24, 2.45) is 0 Å². The summed E-state index contributed by atoms with van der Waals surface area (Å²) < 4.78 is 0. The van der Waals surface area contributed by atoms with Crippen molar-refractivity contribution >= 4 is 11.7 Å². The Morgan fingerprint density at radius 3 is 2.48 bits per heavy atom. The maximum absolute atomic E-state index is 11.5. The van der Waals surface area contributed by atoms with Gasteiger partial charge in [0.2, 0.25) is 0 Å². The highest BCUT2D eigenvalue weighted by Gasteiger charge is 2.24. The van der Waals surface area contributed by atoms with Crippen molar-refractivity contribution in [3.05, 3.63) is 69.5 Å². The first-order chi connectivity index (χ1) is 9.99. The Morgan fingerprint density at radius 2 is 1.95 bits per heavy atom. The van der Waals surface area contributed by atoms with Crippen LogP contribution in [0.5, 0.6) is 0 Å². The summed E-state index contributed by atoms with van der Waals surface area (Å²) in [5.41, 5.74) is 1.32. The summed E-state index contributed by atoms with van der Waals surface area (Å²) in [5, 5.41) is 20.2. The summed E-state index contributed by atoms with van der Waals surface area (Å²) in [6, 6.07) is 11.9. The van der Waals surface area contributed by atoms with Crippen LogP contribution >= 0.6 is 0 Å². The van der Waals surface area contributed by atoms with Gasteiger partial charge in [0.25, 0.3) is 5.69 Å². The number of aromatic nitrogens is 1. The number of nitrogens with zero attached hydrogens (tertiary/aromatic N) is 2. The number of hydrogen-bond acceptors (Lipinski definition) is 4. The molecule has 0 saturated heterocycles. The van der Waals surface area contributed by atoms with Gasteiger partial charge in [-0.1, -0.05) is 30.3 Å². The summed E-state index contributed by atoms with van der Waals surface area (Å²) >= 11 is 0. The average molecular weight is 286 g/mol. The van der Waals surface area contributed by atoms with Crippen LogP contribution in [0.1, 0.15) is 22.9 Å². The van der Waals surface area contributed by atoms with Crippen LogP contribution in [-0.2, 0) is 11.2 Å². The molecule has 0 amide bonds. The van der Waals surface area contributed by atoms with Gasteiger partial charge in [0.05, 0.1) is 10.6 Å². The third-order valence-electron chi connectivity index (χ3n) is 3.21. The molecule has 21 heavy (non-hydrogen) atoms. The highest BCUT2D eigenvalue weighted by atomic mass is 16.6. The van der Waals surface area contributed by atoms with Crippen LogP contribution in [0.2, 0.25) is 0 Å². The van der Waals surface area contributed by atoms with E-state index >= 15 is 0 Å². The largest absolute Gasteiger partial charge is 0.481 e. The minimum atomic E-state index is -1.00. The van der Waals surface area contributed by atoms with Gasteiger partial charge >= 0.3 is 5.97 Å². The molecule has 2 aromatic rings. The molecule has 0 aliphatic rings. The zero-order valence-corrected chi connectivity index (χ0v) is 11.4. The van der Waals surface area contributed by atoms with Crippen LogP contribution in [-0.4, -0.2) is 21.0 Å².